The summed E-state index contributed by atoms with van der Waals surface area (Å²) in [5.74, 6) is 1.74. The summed E-state index contributed by atoms with van der Waals surface area (Å²) in [5.41, 5.74) is 0. The molecule has 0 aliphatic carbocycles. The van der Waals surface area contributed by atoms with Crippen LogP contribution in [0.4, 0.5) is 0 Å². The minimum Gasteiger partial charge on any atom is -0.319 e. The highest BCUT2D eigenvalue weighted by Crippen LogP contribution is 2.16. The van der Waals surface area contributed by atoms with Gasteiger partial charge in [-0.3, -0.25) is 0 Å². The van der Waals surface area contributed by atoms with Crippen molar-refractivity contribution in [1.82, 2.24) is 20.1 Å². The highest BCUT2D eigenvalue weighted by molar-refractivity contribution is 7.99. The first kappa shape index (κ1) is 10.5. The van der Waals surface area contributed by atoms with Gasteiger partial charge >= 0.3 is 0 Å². The highest BCUT2D eigenvalue weighted by atomic mass is 32.2. The van der Waals surface area contributed by atoms with Crippen LogP contribution in [0.2, 0.25) is 0 Å². The molecule has 0 amide bonds. The van der Waals surface area contributed by atoms with E-state index in [1.54, 1.807) is 18.1 Å². The van der Waals surface area contributed by atoms with E-state index in [1.807, 2.05) is 18.7 Å². The van der Waals surface area contributed by atoms with Gasteiger partial charge in [0.2, 0.25) is 0 Å². The molecule has 1 N–H and O–H groups in total. The van der Waals surface area contributed by atoms with Crippen molar-refractivity contribution in [1.29, 1.82) is 0 Å². The SMILES string of the molecule is CNCC(C)CSc1nncn1C. The first-order valence-corrected chi connectivity index (χ1v) is 5.34. The van der Waals surface area contributed by atoms with Crippen LogP contribution in [0.3, 0.4) is 0 Å². The molecule has 0 aliphatic rings. The van der Waals surface area contributed by atoms with E-state index < -0.39 is 0 Å². The van der Waals surface area contributed by atoms with E-state index >= 15 is 0 Å². The standard InChI is InChI=1S/C8H16N4S/c1-7(4-9-2)5-13-8-11-10-6-12(8)3/h6-7,9H,4-5H2,1-3H3. The molecule has 74 valence electrons. The largest absolute Gasteiger partial charge is 0.319 e. The number of nitrogens with zero attached hydrogens (tertiary/aromatic N) is 3. The molecule has 0 spiro atoms. The van der Waals surface area contributed by atoms with E-state index in [9.17, 15) is 0 Å². The van der Waals surface area contributed by atoms with Crippen molar-refractivity contribution in [3.05, 3.63) is 6.33 Å². The van der Waals surface area contributed by atoms with Gasteiger partial charge in [0.1, 0.15) is 6.33 Å². The molecule has 5 heteroatoms. The summed E-state index contributed by atoms with van der Waals surface area (Å²) >= 11 is 1.75. The molecule has 0 saturated carbocycles. The Balaban J connectivity index is 2.30. The van der Waals surface area contributed by atoms with E-state index in [-0.39, 0.29) is 0 Å². The van der Waals surface area contributed by atoms with Crippen molar-refractivity contribution in [3.8, 4) is 0 Å². The highest BCUT2D eigenvalue weighted by Gasteiger charge is 2.05. The number of aromatic nitrogens is 3. The molecule has 0 fully saturated rings. The normalized spacial score (nSPS) is 13.2. The first-order valence-electron chi connectivity index (χ1n) is 4.35. The van der Waals surface area contributed by atoms with Crippen LogP contribution in [0.1, 0.15) is 6.92 Å². The second kappa shape index (κ2) is 5.24. The molecule has 1 aromatic heterocycles. The zero-order valence-electron chi connectivity index (χ0n) is 8.32. The van der Waals surface area contributed by atoms with Gasteiger partial charge in [-0.05, 0) is 19.5 Å². The first-order chi connectivity index (χ1) is 6.24. The molecule has 0 aliphatic heterocycles. The smallest absolute Gasteiger partial charge is 0.190 e. The van der Waals surface area contributed by atoms with Crippen molar-refractivity contribution in [2.45, 2.75) is 12.1 Å². The number of hydrogen-bond donors (Lipinski definition) is 1. The van der Waals surface area contributed by atoms with Crippen LogP contribution in [0.25, 0.3) is 0 Å². The zero-order chi connectivity index (χ0) is 9.68. The quantitative estimate of drug-likeness (QED) is 0.713. The van der Waals surface area contributed by atoms with Crippen LogP contribution >= 0.6 is 11.8 Å². The van der Waals surface area contributed by atoms with E-state index in [2.05, 4.69) is 22.4 Å². The second-order valence-electron chi connectivity index (χ2n) is 3.20. The van der Waals surface area contributed by atoms with E-state index in [1.165, 1.54) is 0 Å². The van der Waals surface area contributed by atoms with Crippen molar-refractivity contribution in [2.75, 3.05) is 19.3 Å². The molecule has 1 atom stereocenters. The van der Waals surface area contributed by atoms with Crippen molar-refractivity contribution in [3.63, 3.8) is 0 Å². The van der Waals surface area contributed by atoms with E-state index in [4.69, 9.17) is 0 Å². The Hall–Kier alpha value is -0.550. The van der Waals surface area contributed by atoms with Crippen molar-refractivity contribution in [2.24, 2.45) is 13.0 Å². The fraction of sp³-hybridized carbons (Fsp3) is 0.750. The van der Waals surface area contributed by atoms with Crippen molar-refractivity contribution < 1.29 is 0 Å². The van der Waals surface area contributed by atoms with Crippen molar-refractivity contribution >= 4 is 11.8 Å². The number of aryl methyl sites for hydroxylation is 1. The van der Waals surface area contributed by atoms with Gasteiger partial charge in [0.05, 0.1) is 0 Å². The fourth-order valence-corrected chi connectivity index (χ4v) is 1.93. The number of hydrogen-bond acceptors (Lipinski definition) is 4. The molecule has 0 bridgehead atoms. The molecule has 0 saturated heterocycles. The van der Waals surface area contributed by atoms with Gasteiger partial charge in [-0.1, -0.05) is 18.7 Å². The lowest BCUT2D eigenvalue weighted by molar-refractivity contribution is 0.602. The van der Waals surface area contributed by atoms with Gasteiger partial charge in [-0.25, -0.2) is 0 Å². The average Bonchev–Trinajstić information content (AvgIpc) is 2.48. The molecular weight excluding hydrogens is 184 g/mol. The predicted molar refractivity (Wildman–Crippen MR) is 54.8 cm³/mol. The molecule has 1 rings (SSSR count). The summed E-state index contributed by atoms with van der Waals surface area (Å²) in [5, 5.41) is 12.0. The van der Waals surface area contributed by atoms with Crippen LogP contribution in [0, 0.1) is 5.92 Å². The molecule has 4 nitrogen and oxygen atoms in total. The van der Waals surface area contributed by atoms with Gasteiger partial charge in [0.25, 0.3) is 0 Å². The average molecular weight is 200 g/mol. The third-order valence-corrected chi connectivity index (χ3v) is 3.08. The maximum Gasteiger partial charge on any atom is 0.190 e. The minimum atomic E-state index is 0.659. The third-order valence-electron chi connectivity index (χ3n) is 1.72. The number of nitrogens with one attached hydrogen (secondary N) is 1. The third kappa shape index (κ3) is 3.36. The maximum absolute atomic E-state index is 4.00. The Morgan fingerprint density at radius 1 is 1.69 bits per heavy atom. The zero-order valence-corrected chi connectivity index (χ0v) is 9.14. The summed E-state index contributed by atoms with van der Waals surface area (Å²) in [7, 11) is 3.94. The summed E-state index contributed by atoms with van der Waals surface area (Å²) in [6.45, 7) is 3.27. The van der Waals surface area contributed by atoms with Crippen LogP contribution in [0.15, 0.2) is 11.5 Å². The summed E-state index contributed by atoms with van der Waals surface area (Å²) in [6.07, 6.45) is 1.73. The molecule has 13 heavy (non-hydrogen) atoms. The Labute approximate surface area is 83.1 Å². The van der Waals surface area contributed by atoms with Crippen LogP contribution in [0.5, 0.6) is 0 Å². The lowest BCUT2D eigenvalue weighted by Gasteiger charge is -2.08. The van der Waals surface area contributed by atoms with Crippen LogP contribution in [-0.2, 0) is 7.05 Å². The topological polar surface area (TPSA) is 42.7 Å². The van der Waals surface area contributed by atoms with E-state index in [0.717, 1.165) is 17.5 Å². The summed E-state index contributed by atoms with van der Waals surface area (Å²) in [4.78, 5) is 0. The van der Waals surface area contributed by atoms with E-state index in [0.29, 0.717) is 5.92 Å². The lowest BCUT2D eigenvalue weighted by Crippen LogP contribution is -2.17. The fourth-order valence-electron chi connectivity index (χ4n) is 1.03. The minimum absolute atomic E-state index is 0.659. The predicted octanol–water partition coefficient (Wildman–Crippen LogP) is 0.763. The van der Waals surface area contributed by atoms with Gasteiger partial charge < -0.3 is 9.88 Å². The molecule has 1 aromatic rings. The monoisotopic (exact) mass is 200 g/mol. The Kier molecular flexibility index (Phi) is 4.24. The van der Waals surface area contributed by atoms with Gasteiger partial charge in [-0.2, -0.15) is 0 Å². The molecule has 0 aromatic carbocycles. The Morgan fingerprint density at radius 2 is 2.46 bits per heavy atom. The number of rotatable bonds is 5. The van der Waals surface area contributed by atoms with Crippen LogP contribution < -0.4 is 5.32 Å². The van der Waals surface area contributed by atoms with Crippen LogP contribution in [-0.4, -0.2) is 34.1 Å². The Bertz CT molecular complexity index is 248. The Morgan fingerprint density at radius 3 is 3.00 bits per heavy atom. The molecule has 0 radical (unpaired) electrons. The van der Waals surface area contributed by atoms with Gasteiger partial charge in [-0.15, -0.1) is 10.2 Å². The number of thioether (sulfide) groups is 1. The molecule has 1 unspecified atom stereocenters. The van der Waals surface area contributed by atoms with Gasteiger partial charge in [0, 0.05) is 12.8 Å². The molecular formula is C8H16N4S. The lowest BCUT2D eigenvalue weighted by atomic mass is 10.2. The van der Waals surface area contributed by atoms with Gasteiger partial charge in [0.15, 0.2) is 5.16 Å². The summed E-state index contributed by atoms with van der Waals surface area (Å²) < 4.78 is 1.94. The second-order valence-corrected chi connectivity index (χ2v) is 4.19. The summed E-state index contributed by atoms with van der Waals surface area (Å²) in [6, 6.07) is 0. The maximum atomic E-state index is 4.00. The molecule has 1 heterocycles.